The van der Waals surface area contributed by atoms with Crippen molar-refractivity contribution in [3.63, 3.8) is 0 Å². The van der Waals surface area contributed by atoms with E-state index in [4.69, 9.17) is 5.11 Å². The Hall–Kier alpha value is -2.10. The highest BCUT2D eigenvalue weighted by atomic mass is 19.4. The average Bonchev–Trinajstić information content (AvgIpc) is 2.75. The van der Waals surface area contributed by atoms with Crippen LogP contribution in [0.4, 0.5) is 18.9 Å². The van der Waals surface area contributed by atoms with Gasteiger partial charge >= 0.3 is 12.1 Å². The summed E-state index contributed by atoms with van der Waals surface area (Å²) in [6.45, 7) is 0.513. The molecule has 118 valence electrons. The minimum absolute atomic E-state index is 0.157. The van der Waals surface area contributed by atoms with Gasteiger partial charge < -0.3 is 15.2 Å². The summed E-state index contributed by atoms with van der Waals surface area (Å²) in [5.74, 6) is -1.93. The predicted octanol–water partition coefficient (Wildman–Crippen LogP) is 1.22. The smallest absolute Gasteiger partial charge is 0.411 e. The molecule has 0 aliphatic rings. The van der Waals surface area contributed by atoms with Gasteiger partial charge in [0, 0.05) is 6.20 Å². The SMILES string of the molecule is CC(C)(C(=O)O)n1cc(NC(=O)COCC(F)(F)F)cn1. The molecule has 0 unspecified atom stereocenters. The number of nitrogens with one attached hydrogen (secondary N) is 1. The van der Waals surface area contributed by atoms with Crippen LogP contribution in [0.1, 0.15) is 13.8 Å². The number of amides is 1. The maximum Gasteiger partial charge on any atom is 0.411 e. The minimum atomic E-state index is -4.50. The summed E-state index contributed by atoms with van der Waals surface area (Å²) >= 11 is 0. The van der Waals surface area contributed by atoms with E-state index in [1.807, 2.05) is 0 Å². The van der Waals surface area contributed by atoms with Crippen LogP contribution in [0, 0.1) is 0 Å². The first-order valence-corrected chi connectivity index (χ1v) is 5.75. The Kier molecular flexibility index (Phi) is 4.94. The van der Waals surface area contributed by atoms with Crippen molar-refractivity contribution in [1.29, 1.82) is 0 Å². The van der Waals surface area contributed by atoms with Gasteiger partial charge in [-0.3, -0.25) is 9.48 Å². The number of rotatable bonds is 6. The van der Waals surface area contributed by atoms with Gasteiger partial charge in [0.1, 0.15) is 13.2 Å². The molecule has 0 atom stereocenters. The lowest BCUT2D eigenvalue weighted by atomic mass is 10.1. The molecule has 1 aromatic rings. The number of carboxylic acid groups (broad SMARTS) is 1. The normalized spacial score (nSPS) is 12.2. The third kappa shape index (κ3) is 5.06. The number of hydrogen-bond acceptors (Lipinski definition) is 4. The van der Waals surface area contributed by atoms with Crippen LogP contribution in [0.25, 0.3) is 0 Å². The number of hydrogen-bond donors (Lipinski definition) is 2. The van der Waals surface area contributed by atoms with Crippen molar-refractivity contribution in [2.24, 2.45) is 0 Å². The lowest BCUT2D eigenvalue weighted by Crippen LogP contribution is -2.35. The Bertz CT molecular complexity index is 525. The largest absolute Gasteiger partial charge is 0.479 e. The van der Waals surface area contributed by atoms with E-state index in [1.165, 1.54) is 26.2 Å². The number of carbonyl (C=O) groups excluding carboxylic acids is 1. The van der Waals surface area contributed by atoms with Crippen molar-refractivity contribution in [3.05, 3.63) is 12.4 Å². The molecule has 0 aliphatic carbocycles. The van der Waals surface area contributed by atoms with E-state index in [9.17, 15) is 22.8 Å². The molecule has 1 rings (SSSR count). The van der Waals surface area contributed by atoms with Gasteiger partial charge in [-0.05, 0) is 13.8 Å². The van der Waals surface area contributed by atoms with Crippen LogP contribution in [-0.2, 0) is 19.9 Å². The summed E-state index contributed by atoms with van der Waals surface area (Å²) in [7, 11) is 0. The van der Waals surface area contributed by atoms with Crippen LogP contribution < -0.4 is 5.32 Å². The highest BCUT2D eigenvalue weighted by Crippen LogP contribution is 2.17. The first kappa shape index (κ1) is 17.0. The van der Waals surface area contributed by atoms with E-state index in [2.05, 4.69) is 15.2 Å². The second-order valence-electron chi connectivity index (χ2n) is 4.69. The summed E-state index contributed by atoms with van der Waals surface area (Å²) in [6, 6.07) is 0. The van der Waals surface area contributed by atoms with E-state index in [-0.39, 0.29) is 5.69 Å². The third-order valence-electron chi connectivity index (χ3n) is 2.46. The molecule has 0 saturated heterocycles. The van der Waals surface area contributed by atoms with Gasteiger partial charge in [-0.15, -0.1) is 0 Å². The second-order valence-corrected chi connectivity index (χ2v) is 4.69. The third-order valence-corrected chi connectivity index (χ3v) is 2.46. The number of carboxylic acids is 1. The Morgan fingerprint density at radius 1 is 1.43 bits per heavy atom. The van der Waals surface area contributed by atoms with Crippen molar-refractivity contribution >= 4 is 17.6 Å². The molecule has 21 heavy (non-hydrogen) atoms. The zero-order chi connectivity index (χ0) is 16.3. The fraction of sp³-hybridized carbons (Fsp3) is 0.545. The monoisotopic (exact) mass is 309 g/mol. The number of halogens is 3. The zero-order valence-corrected chi connectivity index (χ0v) is 11.3. The molecular formula is C11H14F3N3O4. The Balaban J connectivity index is 2.55. The van der Waals surface area contributed by atoms with Gasteiger partial charge in [0.05, 0.1) is 11.9 Å². The van der Waals surface area contributed by atoms with Crippen molar-refractivity contribution in [2.45, 2.75) is 25.6 Å². The molecule has 0 aliphatic heterocycles. The van der Waals surface area contributed by atoms with Crippen molar-refractivity contribution in [1.82, 2.24) is 9.78 Å². The van der Waals surface area contributed by atoms with Crippen molar-refractivity contribution in [3.8, 4) is 0 Å². The van der Waals surface area contributed by atoms with Gasteiger partial charge in [-0.2, -0.15) is 18.3 Å². The minimum Gasteiger partial charge on any atom is -0.479 e. The first-order chi connectivity index (χ1) is 9.52. The summed E-state index contributed by atoms with van der Waals surface area (Å²) in [4.78, 5) is 22.3. The lowest BCUT2D eigenvalue weighted by molar-refractivity contribution is -0.174. The number of alkyl halides is 3. The molecule has 7 nitrogen and oxygen atoms in total. The highest BCUT2D eigenvalue weighted by molar-refractivity contribution is 5.91. The molecule has 10 heteroatoms. The van der Waals surface area contributed by atoms with E-state index in [1.54, 1.807) is 0 Å². The molecule has 1 amide bonds. The lowest BCUT2D eigenvalue weighted by Gasteiger charge is -2.19. The second kappa shape index (κ2) is 6.12. The van der Waals surface area contributed by atoms with Crippen LogP contribution >= 0.6 is 0 Å². The highest BCUT2D eigenvalue weighted by Gasteiger charge is 2.30. The summed E-state index contributed by atoms with van der Waals surface area (Å²) in [5, 5.41) is 15.0. The fourth-order valence-electron chi connectivity index (χ4n) is 1.25. The maximum absolute atomic E-state index is 11.8. The van der Waals surface area contributed by atoms with E-state index >= 15 is 0 Å². The molecule has 0 radical (unpaired) electrons. The number of carbonyl (C=O) groups is 2. The number of aliphatic carboxylic acids is 1. The Morgan fingerprint density at radius 3 is 2.57 bits per heavy atom. The first-order valence-electron chi connectivity index (χ1n) is 5.75. The maximum atomic E-state index is 11.8. The molecular weight excluding hydrogens is 295 g/mol. The Labute approximate surface area is 117 Å². The van der Waals surface area contributed by atoms with Gasteiger partial charge in [0.25, 0.3) is 0 Å². The van der Waals surface area contributed by atoms with Gasteiger partial charge in [0.15, 0.2) is 5.54 Å². The summed E-state index contributed by atoms with van der Waals surface area (Å²) in [6.07, 6.45) is -2.06. The quantitative estimate of drug-likeness (QED) is 0.824. The molecule has 0 fully saturated rings. The molecule has 0 bridgehead atoms. The number of aromatic nitrogens is 2. The van der Waals surface area contributed by atoms with Gasteiger partial charge in [-0.1, -0.05) is 0 Å². The van der Waals surface area contributed by atoms with Crippen LogP contribution in [0.5, 0.6) is 0 Å². The molecule has 0 saturated carbocycles. The molecule has 0 aromatic carbocycles. The van der Waals surface area contributed by atoms with Crippen LogP contribution in [0.2, 0.25) is 0 Å². The molecule has 0 spiro atoms. The van der Waals surface area contributed by atoms with Crippen LogP contribution in [0.15, 0.2) is 12.4 Å². The zero-order valence-electron chi connectivity index (χ0n) is 11.3. The number of ether oxygens (including phenoxy) is 1. The van der Waals surface area contributed by atoms with Gasteiger partial charge in [-0.25, -0.2) is 4.79 Å². The van der Waals surface area contributed by atoms with Crippen LogP contribution in [0.3, 0.4) is 0 Å². The van der Waals surface area contributed by atoms with Crippen LogP contribution in [-0.4, -0.2) is 46.2 Å². The van der Waals surface area contributed by atoms with E-state index in [0.717, 1.165) is 4.68 Å². The number of anilines is 1. The van der Waals surface area contributed by atoms with Crippen molar-refractivity contribution < 1.29 is 32.6 Å². The Morgan fingerprint density at radius 2 is 2.05 bits per heavy atom. The average molecular weight is 309 g/mol. The van der Waals surface area contributed by atoms with E-state index in [0.29, 0.717) is 0 Å². The molecule has 1 aromatic heterocycles. The molecule has 1 heterocycles. The topological polar surface area (TPSA) is 93.5 Å². The van der Waals surface area contributed by atoms with Crippen molar-refractivity contribution in [2.75, 3.05) is 18.5 Å². The predicted molar refractivity (Wildman–Crippen MR) is 64.7 cm³/mol. The number of nitrogens with zero attached hydrogens (tertiary/aromatic N) is 2. The summed E-state index contributed by atoms with van der Waals surface area (Å²) < 4.78 is 40.8. The van der Waals surface area contributed by atoms with E-state index < -0.39 is 36.8 Å². The standard InChI is InChI=1S/C11H14F3N3O4/c1-10(2,9(19)20)17-4-7(3-15-17)16-8(18)5-21-6-11(12,13)14/h3-4H,5-6H2,1-2H3,(H,16,18)(H,19,20). The van der Waals surface area contributed by atoms with Gasteiger partial charge in [0.2, 0.25) is 5.91 Å². The molecule has 2 N–H and O–H groups in total. The summed E-state index contributed by atoms with van der Waals surface area (Å²) in [5.41, 5.74) is -1.17. The fourth-order valence-corrected chi connectivity index (χ4v) is 1.25.